The Hall–Kier alpha value is -3.41. The van der Waals surface area contributed by atoms with E-state index in [1.165, 1.54) is 31.4 Å². The maximum absolute atomic E-state index is 12.1. The molecule has 0 aliphatic rings. The van der Waals surface area contributed by atoms with E-state index in [2.05, 4.69) is 10.1 Å². The zero-order valence-corrected chi connectivity index (χ0v) is 15.6. The van der Waals surface area contributed by atoms with Gasteiger partial charge in [0.2, 0.25) is 5.91 Å². The first-order valence-corrected chi connectivity index (χ1v) is 8.63. The largest absolute Gasteiger partial charge is 0.573 e. The molecule has 0 aliphatic carbocycles. The van der Waals surface area contributed by atoms with Gasteiger partial charge in [-0.15, -0.1) is 13.2 Å². The number of alkyl halides is 3. The van der Waals surface area contributed by atoms with E-state index >= 15 is 0 Å². The highest BCUT2D eigenvalue weighted by atomic mass is 19.4. The smallest absolute Gasteiger partial charge is 0.493 e. The van der Waals surface area contributed by atoms with Crippen LogP contribution in [-0.4, -0.2) is 26.0 Å². The van der Waals surface area contributed by atoms with Crippen molar-refractivity contribution in [3.05, 3.63) is 53.6 Å². The number of rotatable bonds is 9. The molecule has 0 aliphatic heterocycles. The number of hydrogen-bond acceptors (Lipinski definition) is 5. The zero-order valence-electron chi connectivity index (χ0n) is 15.6. The predicted octanol–water partition coefficient (Wildman–Crippen LogP) is 3.94. The number of hydrogen-bond donors (Lipinski definition) is 1. The van der Waals surface area contributed by atoms with Gasteiger partial charge in [0.25, 0.3) is 0 Å². The summed E-state index contributed by atoms with van der Waals surface area (Å²) >= 11 is 0. The van der Waals surface area contributed by atoms with Crippen molar-refractivity contribution in [1.29, 1.82) is 5.26 Å². The lowest BCUT2D eigenvalue weighted by molar-refractivity contribution is -0.274. The second kappa shape index (κ2) is 10.2. The minimum atomic E-state index is -4.74. The lowest BCUT2D eigenvalue weighted by atomic mass is 10.2. The van der Waals surface area contributed by atoms with Crippen LogP contribution in [0.1, 0.15) is 24.0 Å². The van der Waals surface area contributed by atoms with Crippen LogP contribution in [0.25, 0.3) is 0 Å². The molecule has 0 saturated heterocycles. The number of carbonyl (C=O) groups excluding carboxylic acids is 1. The van der Waals surface area contributed by atoms with E-state index in [0.717, 1.165) is 0 Å². The lowest BCUT2D eigenvalue weighted by Crippen LogP contribution is -2.23. The minimum absolute atomic E-state index is 0.190. The van der Waals surface area contributed by atoms with E-state index in [-0.39, 0.29) is 31.2 Å². The van der Waals surface area contributed by atoms with E-state index in [1.54, 1.807) is 18.2 Å². The Balaban J connectivity index is 1.71. The molecule has 29 heavy (non-hydrogen) atoms. The third kappa shape index (κ3) is 7.62. The summed E-state index contributed by atoms with van der Waals surface area (Å²) in [5.74, 6) is 0.387. The second-order valence-corrected chi connectivity index (χ2v) is 5.90. The molecule has 0 aromatic heterocycles. The molecule has 0 bridgehead atoms. The lowest BCUT2D eigenvalue weighted by Gasteiger charge is -2.11. The van der Waals surface area contributed by atoms with Crippen LogP contribution in [0.4, 0.5) is 13.2 Å². The Morgan fingerprint density at radius 2 is 1.86 bits per heavy atom. The molecule has 0 spiro atoms. The Morgan fingerprint density at radius 3 is 2.48 bits per heavy atom. The first-order chi connectivity index (χ1) is 13.8. The molecule has 0 radical (unpaired) electrons. The number of nitriles is 1. The molecular weight excluding hydrogens is 389 g/mol. The van der Waals surface area contributed by atoms with Crippen LogP contribution >= 0.6 is 0 Å². The highest BCUT2D eigenvalue weighted by Gasteiger charge is 2.30. The fourth-order valence-electron chi connectivity index (χ4n) is 2.37. The molecule has 9 heteroatoms. The van der Waals surface area contributed by atoms with Gasteiger partial charge in [0.1, 0.15) is 5.75 Å². The van der Waals surface area contributed by atoms with Crippen LogP contribution in [0.15, 0.2) is 42.5 Å². The molecule has 0 saturated carbocycles. The molecule has 2 rings (SSSR count). The molecule has 0 atom stereocenters. The summed E-state index contributed by atoms with van der Waals surface area (Å²) in [5, 5.41) is 11.6. The van der Waals surface area contributed by atoms with Gasteiger partial charge < -0.3 is 19.5 Å². The van der Waals surface area contributed by atoms with E-state index in [0.29, 0.717) is 29.0 Å². The third-order valence-corrected chi connectivity index (χ3v) is 3.75. The number of halogens is 3. The topological polar surface area (TPSA) is 80.6 Å². The molecule has 0 fully saturated rings. The normalized spacial score (nSPS) is 10.7. The number of amides is 1. The van der Waals surface area contributed by atoms with E-state index in [9.17, 15) is 18.0 Å². The summed E-state index contributed by atoms with van der Waals surface area (Å²) in [6.07, 6.45) is -4.07. The van der Waals surface area contributed by atoms with Gasteiger partial charge in [0.05, 0.1) is 25.3 Å². The molecule has 1 N–H and O–H groups in total. The Morgan fingerprint density at radius 1 is 1.14 bits per heavy atom. The number of nitrogens with one attached hydrogen (secondary N) is 1. The van der Waals surface area contributed by atoms with Crippen molar-refractivity contribution in [1.82, 2.24) is 5.32 Å². The maximum Gasteiger partial charge on any atom is 0.573 e. The quantitative estimate of drug-likeness (QED) is 0.636. The van der Waals surface area contributed by atoms with Gasteiger partial charge in [-0.2, -0.15) is 5.26 Å². The van der Waals surface area contributed by atoms with Gasteiger partial charge in [-0.1, -0.05) is 12.1 Å². The summed E-state index contributed by atoms with van der Waals surface area (Å²) in [7, 11) is 1.47. The fourth-order valence-corrected chi connectivity index (χ4v) is 2.37. The fraction of sp³-hybridized carbons (Fsp3) is 0.300. The molecular formula is C20H19F3N2O4. The van der Waals surface area contributed by atoms with Crippen molar-refractivity contribution in [2.45, 2.75) is 25.7 Å². The molecule has 2 aromatic rings. The standard InChI is InChI=1S/C20H19F3N2O4/c1-27-18-11-15(12-24)6-9-17(18)28-10-2-3-19(26)25-13-14-4-7-16(8-5-14)29-20(21,22)23/h4-9,11H,2-3,10,13H2,1H3,(H,25,26). The number of methoxy groups -OCH3 is 1. The van der Waals surface area contributed by atoms with Crippen molar-refractivity contribution >= 4 is 5.91 Å². The van der Waals surface area contributed by atoms with Gasteiger partial charge in [0, 0.05) is 19.0 Å². The highest BCUT2D eigenvalue weighted by Crippen LogP contribution is 2.28. The first-order valence-electron chi connectivity index (χ1n) is 8.63. The third-order valence-electron chi connectivity index (χ3n) is 3.75. The van der Waals surface area contributed by atoms with Crippen LogP contribution in [-0.2, 0) is 11.3 Å². The zero-order chi connectivity index (χ0) is 21.3. The minimum Gasteiger partial charge on any atom is -0.493 e. The number of ether oxygens (including phenoxy) is 3. The number of carbonyl (C=O) groups is 1. The summed E-state index contributed by atoms with van der Waals surface area (Å²) in [6.45, 7) is 0.467. The maximum atomic E-state index is 12.1. The van der Waals surface area contributed by atoms with Crippen LogP contribution in [0.2, 0.25) is 0 Å². The van der Waals surface area contributed by atoms with E-state index in [1.807, 2.05) is 6.07 Å². The first kappa shape index (κ1) is 21.9. The molecule has 0 heterocycles. The molecule has 6 nitrogen and oxygen atoms in total. The van der Waals surface area contributed by atoms with Crippen LogP contribution in [0.3, 0.4) is 0 Å². The molecule has 0 unspecified atom stereocenters. The molecule has 154 valence electrons. The second-order valence-electron chi connectivity index (χ2n) is 5.90. The summed E-state index contributed by atoms with van der Waals surface area (Å²) in [5.41, 5.74) is 1.10. The van der Waals surface area contributed by atoms with Crippen LogP contribution < -0.4 is 19.5 Å². The summed E-state index contributed by atoms with van der Waals surface area (Å²) < 4.78 is 50.9. The van der Waals surface area contributed by atoms with Gasteiger partial charge in [-0.3, -0.25) is 4.79 Å². The summed E-state index contributed by atoms with van der Waals surface area (Å²) in [6, 6.07) is 12.1. The van der Waals surface area contributed by atoms with Crippen molar-refractivity contribution in [2.24, 2.45) is 0 Å². The van der Waals surface area contributed by atoms with Crippen LogP contribution in [0.5, 0.6) is 17.2 Å². The molecule has 1 amide bonds. The summed E-state index contributed by atoms with van der Waals surface area (Å²) in [4.78, 5) is 11.9. The van der Waals surface area contributed by atoms with Crippen molar-refractivity contribution in [3.8, 4) is 23.3 Å². The van der Waals surface area contributed by atoms with E-state index in [4.69, 9.17) is 14.7 Å². The van der Waals surface area contributed by atoms with Crippen molar-refractivity contribution in [3.63, 3.8) is 0 Å². The molecule has 2 aromatic carbocycles. The number of benzene rings is 2. The predicted molar refractivity (Wildman–Crippen MR) is 97.4 cm³/mol. The van der Waals surface area contributed by atoms with Gasteiger partial charge in [-0.25, -0.2) is 0 Å². The van der Waals surface area contributed by atoms with Crippen molar-refractivity contribution < 1.29 is 32.2 Å². The van der Waals surface area contributed by atoms with Gasteiger partial charge >= 0.3 is 6.36 Å². The SMILES string of the molecule is COc1cc(C#N)ccc1OCCCC(=O)NCc1ccc(OC(F)(F)F)cc1. The average molecular weight is 408 g/mol. The Labute approximate surface area is 165 Å². The van der Waals surface area contributed by atoms with Gasteiger partial charge in [0.15, 0.2) is 11.5 Å². The number of nitrogens with zero attached hydrogens (tertiary/aromatic N) is 1. The highest BCUT2D eigenvalue weighted by molar-refractivity contribution is 5.75. The van der Waals surface area contributed by atoms with Crippen LogP contribution in [0, 0.1) is 11.3 Å². The van der Waals surface area contributed by atoms with Gasteiger partial charge in [-0.05, 0) is 36.2 Å². The monoisotopic (exact) mass is 408 g/mol. The van der Waals surface area contributed by atoms with E-state index < -0.39 is 6.36 Å². The average Bonchev–Trinajstić information content (AvgIpc) is 2.69. The Bertz CT molecular complexity index is 862. The Kier molecular flexibility index (Phi) is 7.71. The van der Waals surface area contributed by atoms with Crippen molar-refractivity contribution in [2.75, 3.05) is 13.7 Å².